The second-order valence-corrected chi connectivity index (χ2v) is 7.29. The van der Waals surface area contributed by atoms with Gasteiger partial charge < -0.3 is 14.5 Å². The molecule has 0 aliphatic carbocycles. The van der Waals surface area contributed by atoms with E-state index in [1.165, 1.54) is 6.92 Å². The molecule has 156 valence electrons. The Balaban J connectivity index is 2.53. The highest BCUT2D eigenvalue weighted by molar-refractivity contribution is 5.89. The summed E-state index contributed by atoms with van der Waals surface area (Å²) in [4.78, 5) is 43.8. The molecule has 1 unspecified atom stereocenters. The van der Waals surface area contributed by atoms with Gasteiger partial charge in [-0.05, 0) is 59.8 Å². The number of rotatable bonds is 12. The summed E-state index contributed by atoms with van der Waals surface area (Å²) in [7, 11) is 3.98. The van der Waals surface area contributed by atoms with Gasteiger partial charge in [0.15, 0.2) is 0 Å². The number of likely N-dealkylation sites (N-methyl/N-ethyl adjacent to an activating group) is 2. The van der Waals surface area contributed by atoms with Crippen molar-refractivity contribution in [3.8, 4) is 0 Å². The van der Waals surface area contributed by atoms with Gasteiger partial charge in [-0.1, -0.05) is 0 Å². The number of nitrogens with zero attached hydrogens (tertiary/aromatic N) is 3. The lowest BCUT2D eigenvalue weighted by Gasteiger charge is -2.22. The number of carbonyl (C=O) groups is 3. The molecular weight excluding hydrogens is 358 g/mol. The number of carbonyl (C=O) groups excluding carboxylic acids is 3. The van der Waals surface area contributed by atoms with Gasteiger partial charge in [0.2, 0.25) is 5.91 Å². The highest BCUT2D eigenvalue weighted by atomic mass is 16.5. The van der Waals surface area contributed by atoms with Crippen LogP contribution in [0.25, 0.3) is 0 Å². The molecule has 0 spiro atoms. The third-order valence-electron chi connectivity index (χ3n) is 4.31. The van der Waals surface area contributed by atoms with Crippen LogP contribution in [0.2, 0.25) is 0 Å². The van der Waals surface area contributed by atoms with E-state index in [2.05, 4.69) is 9.88 Å². The fourth-order valence-electron chi connectivity index (χ4n) is 2.80. The highest BCUT2D eigenvalue weighted by Gasteiger charge is 2.15. The van der Waals surface area contributed by atoms with Crippen LogP contribution < -0.4 is 0 Å². The summed E-state index contributed by atoms with van der Waals surface area (Å²) in [5.41, 5.74) is 1.16. The Morgan fingerprint density at radius 1 is 1.21 bits per heavy atom. The van der Waals surface area contributed by atoms with Crippen LogP contribution >= 0.6 is 0 Å². The van der Waals surface area contributed by atoms with E-state index < -0.39 is 12.1 Å². The molecule has 1 heterocycles. The standard InChI is InChI=1S/C21H33N3O4/c1-6-24(13-12-23(4)5)20(26)9-7-8-19-15-18(10-11-22-19)21(27)28-17(3)14-16(2)25/h10-11,15,17H,6-9,12-14H2,1-5H3. The second-order valence-electron chi connectivity index (χ2n) is 7.29. The van der Waals surface area contributed by atoms with Crippen LogP contribution in [-0.4, -0.2) is 72.3 Å². The van der Waals surface area contributed by atoms with Crippen molar-refractivity contribution in [3.63, 3.8) is 0 Å². The molecule has 0 aliphatic heterocycles. The lowest BCUT2D eigenvalue weighted by atomic mass is 10.1. The van der Waals surface area contributed by atoms with Crippen molar-refractivity contribution in [1.82, 2.24) is 14.8 Å². The molecule has 0 aromatic carbocycles. The third-order valence-corrected chi connectivity index (χ3v) is 4.31. The van der Waals surface area contributed by atoms with E-state index >= 15 is 0 Å². The Labute approximate surface area is 168 Å². The first-order valence-corrected chi connectivity index (χ1v) is 9.80. The van der Waals surface area contributed by atoms with Crippen LogP contribution in [0, 0.1) is 0 Å². The molecule has 1 aromatic rings. The number of esters is 1. The summed E-state index contributed by atoms with van der Waals surface area (Å²) in [6.07, 6.45) is 3.05. The van der Waals surface area contributed by atoms with Gasteiger partial charge in [0.25, 0.3) is 0 Å². The van der Waals surface area contributed by atoms with Gasteiger partial charge in [-0.2, -0.15) is 0 Å². The van der Waals surface area contributed by atoms with Crippen molar-refractivity contribution in [1.29, 1.82) is 0 Å². The number of aromatic nitrogens is 1. The summed E-state index contributed by atoms with van der Waals surface area (Å²) < 4.78 is 5.28. The minimum Gasteiger partial charge on any atom is -0.459 e. The van der Waals surface area contributed by atoms with Crippen molar-refractivity contribution in [2.24, 2.45) is 0 Å². The first-order chi connectivity index (χ1) is 13.2. The smallest absolute Gasteiger partial charge is 0.338 e. The fraction of sp³-hybridized carbons (Fsp3) is 0.619. The Morgan fingerprint density at radius 3 is 2.54 bits per heavy atom. The number of ether oxygens (including phenoxy) is 1. The summed E-state index contributed by atoms with van der Waals surface area (Å²) in [6, 6.07) is 3.29. The van der Waals surface area contributed by atoms with Crippen LogP contribution in [0.5, 0.6) is 0 Å². The third kappa shape index (κ3) is 9.08. The molecule has 0 N–H and O–H groups in total. The molecule has 1 aromatic heterocycles. The van der Waals surface area contributed by atoms with E-state index in [1.807, 2.05) is 25.9 Å². The maximum Gasteiger partial charge on any atom is 0.338 e. The number of hydrogen-bond donors (Lipinski definition) is 0. The van der Waals surface area contributed by atoms with Crippen molar-refractivity contribution >= 4 is 17.7 Å². The average molecular weight is 392 g/mol. The second kappa shape index (κ2) is 12.2. The summed E-state index contributed by atoms with van der Waals surface area (Å²) >= 11 is 0. The molecule has 0 fully saturated rings. The summed E-state index contributed by atoms with van der Waals surface area (Å²) in [5, 5.41) is 0. The molecule has 0 saturated carbocycles. The van der Waals surface area contributed by atoms with Crippen LogP contribution in [0.1, 0.15) is 56.1 Å². The lowest BCUT2D eigenvalue weighted by Crippen LogP contribution is -2.36. The molecule has 0 radical (unpaired) electrons. The van der Waals surface area contributed by atoms with E-state index in [4.69, 9.17) is 4.74 Å². The Morgan fingerprint density at radius 2 is 1.93 bits per heavy atom. The summed E-state index contributed by atoms with van der Waals surface area (Å²) in [5.74, 6) is -0.348. The lowest BCUT2D eigenvalue weighted by molar-refractivity contribution is -0.131. The highest BCUT2D eigenvalue weighted by Crippen LogP contribution is 2.10. The van der Waals surface area contributed by atoms with E-state index in [-0.39, 0.29) is 18.1 Å². The minimum atomic E-state index is -0.464. The number of pyridine rings is 1. The molecule has 0 aliphatic rings. The van der Waals surface area contributed by atoms with Crippen molar-refractivity contribution in [2.75, 3.05) is 33.7 Å². The van der Waals surface area contributed by atoms with Gasteiger partial charge in [0.1, 0.15) is 11.9 Å². The minimum absolute atomic E-state index is 0.0212. The van der Waals surface area contributed by atoms with Gasteiger partial charge in [-0.25, -0.2) is 4.79 Å². The first kappa shape index (κ1) is 23.8. The predicted octanol–water partition coefficient (Wildman–Crippen LogP) is 2.34. The number of amides is 1. The van der Waals surface area contributed by atoms with Gasteiger partial charge in [0, 0.05) is 44.4 Å². The Hall–Kier alpha value is -2.28. The van der Waals surface area contributed by atoms with Gasteiger partial charge in [0.05, 0.1) is 5.56 Å². The molecule has 1 rings (SSSR count). The van der Waals surface area contributed by atoms with E-state index in [0.29, 0.717) is 31.4 Å². The normalized spacial score (nSPS) is 11.9. The molecular formula is C21H33N3O4. The predicted molar refractivity (Wildman–Crippen MR) is 108 cm³/mol. The van der Waals surface area contributed by atoms with Crippen LogP contribution in [-0.2, 0) is 20.7 Å². The topological polar surface area (TPSA) is 79.8 Å². The quantitative estimate of drug-likeness (QED) is 0.509. The molecule has 1 atom stereocenters. The van der Waals surface area contributed by atoms with Crippen molar-refractivity contribution < 1.29 is 19.1 Å². The number of hydrogen-bond acceptors (Lipinski definition) is 6. The molecule has 7 nitrogen and oxygen atoms in total. The van der Waals surface area contributed by atoms with Crippen LogP contribution in [0.15, 0.2) is 18.3 Å². The molecule has 1 amide bonds. The van der Waals surface area contributed by atoms with E-state index in [9.17, 15) is 14.4 Å². The van der Waals surface area contributed by atoms with Crippen LogP contribution in [0.4, 0.5) is 0 Å². The molecule has 0 saturated heterocycles. The van der Waals surface area contributed by atoms with Crippen molar-refractivity contribution in [3.05, 3.63) is 29.6 Å². The zero-order valence-electron chi connectivity index (χ0n) is 17.7. The average Bonchev–Trinajstić information content (AvgIpc) is 2.61. The number of ketones is 1. The molecule has 0 bridgehead atoms. The molecule has 7 heteroatoms. The van der Waals surface area contributed by atoms with Crippen molar-refractivity contribution in [2.45, 2.75) is 52.6 Å². The monoisotopic (exact) mass is 391 g/mol. The zero-order valence-corrected chi connectivity index (χ0v) is 17.7. The van der Waals surface area contributed by atoms with E-state index in [0.717, 1.165) is 18.8 Å². The maximum atomic E-state index is 12.3. The zero-order chi connectivity index (χ0) is 21.1. The number of aryl methyl sites for hydroxylation is 1. The van der Waals surface area contributed by atoms with Gasteiger partial charge in [-0.15, -0.1) is 0 Å². The SMILES string of the molecule is CCN(CCN(C)C)C(=O)CCCc1cc(C(=O)OC(C)CC(C)=O)ccn1. The first-order valence-electron chi connectivity index (χ1n) is 9.80. The Kier molecular flexibility index (Phi) is 10.4. The summed E-state index contributed by atoms with van der Waals surface area (Å²) in [6.45, 7) is 7.41. The Bertz CT molecular complexity index is 661. The number of Topliss-reactive ketones (excluding diaryl/α,β-unsaturated/α-hetero) is 1. The fourth-order valence-corrected chi connectivity index (χ4v) is 2.80. The molecule has 28 heavy (non-hydrogen) atoms. The van der Waals surface area contributed by atoms with Crippen LogP contribution in [0.3, 0.4) is 0 Å². The van der Waals surface area contributed by atoms with Gasteiger partial charge in [-0.3, -0.25) is 14.6 Å². The maximum absolute atomic E-state index is 12.3. The largest absolute Gasteiger partial charge is 0.459 e. The van der Waals surface area contributed by atoms with Gasteiger partial charge >= 0.3 is 5.97 Å². The van der Waals surface area contributed by atoms with E-state index in [1.54, 1.807) is 25.3 Å².